The van der Waals surface area contributed by atoms with Crippen molar-refractivity contribution in [2.75, 3.05) is 5.32 Å². The van der Waals surface area contributed by atoms with Crippen LogP contribution in [0.3, 0.4) is 0 Å². The van der Waals surface area contributed by atoms with E-state index in [-0.39, 0.29) is 11.9 Å². The molecule has 94 valence electrons. The molecule has 0 aliphatic rings. The lowest BCUT2D eigenvalue weighted by Gasteiger charge is -2.19. The molecule has 0 aliphatic carbocycles. The van der Waals surface area contributed by atoms with Crippen LogP contribution in [0.1, 0.15) is 30.5 Å². The quantitative estimate of drug-likeness (QED) is 0.821. The minimum Gasteiger partial charge on any atom is -0.378 e. The second-order valence-corrected chi connectivity index (χ2v) is 4.48. The fourth-order valence-corrected chi connectivity index (χ4v) is 1.99. The van der Waals surface area contributed by atoms with Gasteiger partial charge in [-0.2, -0.15) is 0 Å². The molecule has 0 spiro atoms. The van der Waals surface area contributed by atoms with Crippen LogP contribution in [-0.2, 0) is 0 Å². The lowest BCUT2D eigenvalue weighted by Crippen LogP contribution is -2.09. The summed E-state index contributed by atoms with van der Waals surface area (Å²) in [7, 11) is 0. The summed E-state index contributed by atoms with van der Waals surface area (Å²) in [5.74, 6) is -0.164. The molecule has 2 aromatic rings. The number of aryl methyl sites for hydroxylation is 1. The number of rotatable bonds is 4. The van der Waals surface area contributed by atoms with Gasteiger partial charge in [0, 0.05) is 5.69 Å². The van der Waals surface area contributed by atoms with Crippen molar-refractivity contribution in [3.05, 3.63) is 65.5 Å². The van der Waals surface area contributed by atoms with Crippen molar-refractivity contribution < 1.29 is 4.39 Å². The summed E-state index contributed by atoms with van der Waals surface area (Å²) >= 11 is 0. The van der Waals surface area contributed by atoms with E-state index in [9.17, 15) is 4.39 Å². The van der Waals surface area contributed by atoms with E-state index in [4.69, 9.17) is 0 Å². The van der Waals surface area contributed by atoms with E-state index in [0.717, 1.165) is 12.1 Å². The molecular weight excluding hydrogens is 225 g/mol. The fourth-order valence-electron chi connectivity index (χ4n) is 1.99. The molecule has 0 radical (unpaired) electrons. The molecule has 0 fully saturated rings. The molecule has 18 heavy (non-hydrogen) atoms. The van der Waals surface area contributed by atoms with Crippen molar-refractivity contribution in [1.82, 2.24) is 0 Å². The molecule has 0 aromatic heterocycles. The summed E-state index contributed by atoms with van der Waals surface area (Å²) in [5.41, 5.74) is 2.73. The first kappa shape index (κ1) is 12.6. The zero-order chi connectivity index (χ0) is 13.0. The van der Waals surface area contributed by atoms with Gasteiger partial charge in [0.2, 0.25) is 0 Å². The normalized spacial score (nSPS) is 12.2. The number of hydrogen-bond donors (Lipinski definition) is 1. The van der Waals surface area contributed by atoms with Crippen LogP contribution in [-0.4, -0.2) is 0 Å². The SMILES string of the molecule is CCC(Nc1ccc(C)c(F)c1)c1ccccc1. The summed E-state index contributed by atoms with van der Waals surface area (Å²) in [4.78, 5) is 0. The third kappa shape index (κ3) is 2.89. The van der Waals surface area contributed by atoms with Crippen LogP contribution in [0.25, 0.3) is 0 Å². The van der Waals surface area contributed by atoms with E-state index < -0.39 is 0 Å². The van der Waals surface area contributed by atoms with Gasteiger partial charge >= 0.3 is 0 Å². The molecule has 1 unspecified atom stereocenters. The first-order chi connectivity index (χ1) is 8.70. The van der Waals surface area contributed by atoms with Crippen LogP contribution in [0.5, 0.6) is 0 Å². The summed E-state index contributed by atoms with van der Waals surface area (Å²) < 4.78 is 13.5. The van der Waals surface area contributed by atoms with E-state index in [1.807, 2.05) is 24.3 Å². The Morgan fingerprint density at radius 3 is 2.44 bits per heavy atom. The highest BCUT2D eigenvalue weighted by Gasteiger charge is 2.09. The summed E-state index contributed by atoms with van der Waals surface area (Å²) in [5, 5.41) is 3.37. The number of benzene rings is 2. The maximum atomic E-state index is 13.5. The minimum atomic E-state index is -0.164. The van der Waals surface area contributed by atoms with Crippen molar-refractivity contribution in [3.8, 4) is 0 Å². The highest BCUT2D eigenvalue weighted by atomic mass is 19.1. The van der Waals surface area contributed by atoms with E-state index in [1.54, 1.807) is 19.1 Å². The third-order valence-electron chi connectivity index (χ3n) is 3.12. The Hall–Kier alpha value is -1.83. The Morgan fingerprint density at radius 1 is 1.11 bits per heavy atom. The van der Waals surface area contributed by atoms with Crippen molar-refractivity contribution in [1.29, 1.82) is 0 Å². The van der Waals surface area contributed by atoms with Gasteiger partial charge in [0.15, 0.2) is 0 Å². The van der Waals surface area contributed by atoms with Gasteiger partial charge in [-0.3, -0.25) is 0 Å². The zero-order valence-corrected chi connectivity index (χ0v) is 10.8. The Labute approximate surface area is 108 Å². The van der Waals surface area contributed by atoms with Gasteiger partial charge in [-0.15, -0.1) is 0 Å². The average Bonchev–Trinajstić information content (AvgIpc) is 2.41. The van der Waals surface area contributed by atoms with Gasteiger partial charge < -0.3 is 5.32 Å². The highest BCUT2D eigenvalue weighted by molar-refractivity contribution is 5.47. The molecule has 2 rings (SSSR count). The maximum Gasteiger partial charge on any atom is 0.128 e. The molecule has 0 aliphatic heterocycles. The summed E-state index contributed by atoms with van der Waals surface area (Å²) in [6, 6.07) is 15.7. The number of halogens is 1. The molecule has 2 aromatic carbocycles. The van der Waals surface area contributed by atoms with E-state index in [0.29, 0.717) is 5.56 Å². The Bertz CT molecular complexity index is 508. The van der Waals surface area contributed by atoms with Crippen LogP contribution < -0.4 is 5.32 Å². The molecule has 0 amide bonds. The van der Waals surface area contributed by atoms with E-state index in [2.05, 4.69) is 24.4 Å². The first-order valence-electron chi connectivity index (χ1n) is 6.28. The second kappa shape index (κ2) is 5.67. The summed E-state index contributed by atoms with van der Waals surface area (Å²) in [6.07, 6.45) is 0.958. The third-order valence-corrected chi connectivity index (χ3v) is 3.12. The Kier molecular flexibility index (Phi) is 3.98. The van der Waals surface area contributed by atoms with Crippen LogP contribution in [0.15, 0.2) is 48.5 Å². The van der Waals surface area contributed by atoms with Crippen LogP contribution >= 0.6 is 0 Å². The molecule has 1 nitrogen and oxygen atoms in total. The first-order valence-corrected chi connectivity index (χ1v) is 6.28. The van der Waals surface area contributed by atoms with Crippen LogP contribution in [0.2, 0.25) is 0 Å². The van der Waals surface area contributed by atoms with Gasteiger partial charge in [-0.25, -0.2) is 4.39 Å². The largest absolute Gasteiger partial charge is 0.378 e. The van der Waals surface area contributed by atoms with Gasteiger partial charge in [-0.05, 0) is 36.6 Å². The Morgan fingerprint density at radius 2 is 1.83 bits per heavy atom. The average molecular weight is 243 g/mol. The van der Waals surface area contributed by atoms with Crippen molar-refractivity contribution in [2.24, 2.45) is 0 Å². The maximum absolute atomic E-state index is 13.5. The van der Waals surface area contributed by atoms with Crippen LogP contribution in [0, 0.1) is 12.7 Å². The van der Waals surface area contributed by atoms with Crippen molar-refractivity contribution in [2.45, 2.75) is 26.3 Å². The topological polar surface area (TPSA) is 12.0 Å². The monoisotopic (exact) mass is 243 g/mol. The van der Waals surface area contributed by atoms with Crippen molar-refractivity contribution >= 4 is 5.69 Å². The molecule has 1 atom stereocenters. The van der Waals surface area contributed by atoms with Gasteiger partial charge in [-0.1, -0.05) is 43.3 Å². The molecule has 0 heterocycles. The standard InChI is InChI=1S/C16H18FN/c1-3-16(13-7-5-4-6-8-13)18-14-10-9-12(2)15(17)11-14/h4-11,16,18H,3H2,1-2H3. The number of hydrogen-bond acceptors (Lipinski definition) is 1. The Balaban J connectivity index is 2.18. The molecule has 0 saturated heterocycles. The lowest BCUT2D eigenvalue weighted by molar-refractivity contribution is 0.618. The lowest BCUT2D eigenvalue weighted by atomic mass is 10.0. The number of nitrogens with one attached hydrogen (secondary N) is 1. The van der Waals surface area contributed by atoms with Gasteiger partial charge in [0.25, 0.3) is 0 Å². The predicted molar refractivity (Wildman–Crippen MR) is 74.2 cm³/mol. The predicted octanol–water partition coefficient (Wildman–Crippen LogP) is 4.70. The van der Waals surface area contributed by atoms with E-state index in [1.165, 1.54) is 5.56 Å². The molecule has 0 saturated carbocycles. The minimum absolute atomic E-state index is 0.164. The molecular formula is C16H18FN. The molecule has 2 heteroatoms. The van der Waals surface area contributed by atoms with E-state index >= 15 is 0 Å². The van der Waals surface area contributed by atoms with Gasteiger partial charge in [0.05, 0.1) is 6.04 Å². The summed E-state index contributed by atoms with van der Waals surface area (Å²) in [6.45, 7) is 3.89. The van der Waals surface area contributed by atoms with Crippen molar-refractivity contribution in [3.63, 3.8) is 0 Å². The molecule has 0 bridgehead atoms. The molecule has 1 N–H and O–H groups in total. The van der Waals surface area contributed by atoms with Gasteiger partial charge in [0.1, 0.15) is 5.82 Å². The fraction of sp³-hybridized carbons (Fsp3) is 0.250. The second-order valence-electron chi connectivity index (χ2n) is 4.48. The smallest absolute Gasteiger partial charge is 0.128 e. The van der Waals surface area contributed by atoms with Crippen LogP contribution in [0.4, 0.5) is 10.1 Å². The number of anilines is 1. The highest BCUT2D eigenvalue weighted by Crippen LogP contribution is 2.23. The zero-order valence-electron chi connectivity index (χ0n) is 10.8.